The minimum absolute atomic E-state index is 0.199. The molecular weight excluding hydrogens is 280 g/mol. The molecule has 0 spiro atoms. The second-order valence-corrected chi connectivity index (χ2v) is 5.34. The van der Waals surface area contributed by atoms with Crippen LogP contribution < -0.4 is 11.1 Å². The lowest BCUT2D eigenvalue weighted by Gasteiger charge is -2.15. The molecule has 0 unspecified atom stereocenters. The van der Waals surface area contributed by atoms with Gasteiger partial charge in [0.15, 0.2) is 0 Å². The molecule has 6 heteroatoms. The Hall–Kier alpha value is -1.59. The Morgan fingerprint density at radius 2 is 2.05 bits per heavy atom. The van der Waals surface area contributed by atoms with E-state index >= 15 is 0 Å². The fourth-order valence-electron chi connectivity index (χ4n) is 1.74. The number of anilines is 1. The van der Waals surface area contributed by atoms with Gasteiger partial charge in [0.25, 0.3) is 0 Å². The third-order valence-corrected chi connectivity index (χ3v) is 2.94. The number of ether oxygens (including phenoxy) is 1. The summed E-state index contributed by atoms with van der Waals surface area (Å²) in [5.74, 6) is -0.604. The number of esters is 1. The molecule has 1 atom stereocenters. The molecule has 0 bridgehead atoms. The van der Waals surface area contributed by atoms with Crippen LogP contribution >= 0.6 is 11.6 Å². The van der Waals surface area contributed by atoms with Gasteiger partial charge in [-0.1, -0.05) is 25.4 Å². The third kappa shape index (κ3) is 4.51. The summed E-state index contributed by atoms with van der Waals surface area (Å²) in [6.07, 6.45) is 0.562. The van der Waals surface area contributed by atoms with E-state index in [9.17, 15) is 9.59 Å². The van der Waals surface area contributed by atoms with E-state index in [4.69, 9.17) is 17.3 Å². The first-order valence-electron chi connectivity index (χ1n) is 6.29. The quantitative estimate of drug-likeness (QED) is 0.818. The summed E-state index contributed by atoms with van der Waals surface area (Å²) >= 11 is 5.84. The standard InChI is InChI=1S/C14H19ClN2O3/c1-8(2)6-11(16)13(18)17-12-5-4-9(15)7-10(12)14(19)20-3/h4-5,7-8,11H,6,16H2,1-3H3,(H,17,18)/t11-/m1/s1. The molecule has 0 saturated heterocycles. The molecule has 3 N–H and O–H groups in total. The summed E-state index contributed by atoms with van der Waals surface area (Å²) in [4.78, 5) is 23.6. The van der Waals surface area contributed by atoms with Crippen LogP contribution in [0.4, 0.5) is 5.69 Å². The third-order valence-electron chi connectivity index (χ3n) is 2.71. The molecule has 1 amide bonds. The summed E-state index contributed by atoms with van der Waals surface area (Å²) in [6, 6.07) is 3.94. The Balaban J connectivity index is 2.92. The molecule has 20 heavy (non-hydrogen) atoms. The highest BCUT2D eigenvalue weighted by Gasteiger charge is 2.19. The maximum Gasteiger partial charge on any atom is 0.340 e. The monoisotopic (exact) mass is 298 g/mol. The van der Waals surface area contributed by atoms with Crippen LogP contribution in [0.15, 0.2) is 18.2 Å². The number of hydrogen-bond donors (Lipinski definition) is 2. The Morgan fingerprint density at radius 1 is 1.40 bits per heavy atom. The molecule has 0 aromatic heterocycles. The first-order chi connectivity index (χ1) is 9.35. The predicted octanol–water partition coefficient (Wildman–Crippen LogP) is 2.44. The molecular formula is C14H19ClN2O3. The molecule has 5 nitrogen and oxygen atoms in total. The summed E-state index contributed by atoms with van der Waals surface area (Å²) in [5.41, 5.74) is 6.34. The van der Waals surface area contributed by atoms with Gasteiger partial charge in [0.1, 0.15) is 0 Å². The fourth-order valence-corrected chi connectivity index (χ4v) is 1.92. The van der Waals surface area contributed by atoms with E-state index in [-0.39, 0.29) is 11.5 Å². The SMILES string of the molecule is COC(=O)c1cc(Cl)ccc1NC(=O)[C@H](N)CC(C)C. The van der Waals surface area contributed by atoms with Crippen LogP contribution in [0, 0.1) is 5.92 Å². The largest absolute Gasteiger partial charge is 0.465 e. The zero-order chi connectivity index (χ0) is 15.3. The smallest absolute Gasteiger partial charge is 0.340 e. The van der Waals surface area contributed by atoms with Crippen LogP contribution in [-0.2, 0) is 9.53 Å². The second-order valence-electron chi connectivity index (χ2n) is 4.91. The van der Waals surface area contributed by atoms with Gasteiger partial charge in [-0.15, -0.1) is 0 Å². The number of carbonyl (C=O) groups excluding carboxylic acids is 2. The lowest BCUT2D eigenvalue weighted by Crippen LogP contribution is -2.37. The van der Waals surface area contributed by atoms with E-state index in [0.29, 0.717) is 23.0 Å². The molecule has 0 aliphatic carbocycles. The van der Waals surface area contributed by atoms with Crippen molar-refractivity contribution in [2.24, 2.45) is 11.7 Å². The minimum atomic E-state index is -0.629. The number of amides is 1. The number of carbonyl (C=O) groups is 2. The van der Waals surface area contributed by atoms with Crippen molar-refractivity contribution in [2.45, 2.75) is 26.3 Å². The van der Waals surface area contributed by atoms with Crippen molar-refractivity contribution in [1.82, 2.24) is 0 Å². The van der Waals surface area contributed by atoms with Crippen LogP contribution in [0.5, 0.6) is 0 Å². The molecule has 0 radical (unpaired) electrons. The van der Waals surface area contributed by atoms with Crippen molar-refractivity contribution in [1.29, 1.82) is 0 Å². The van der Waals surface area contributed by atoms with Crippen molar-refractivity contribution in [3.63, 3.8) is 0 Å². The number of halogens is 1. The molecule has 0 fully saturated rings. The molecule has 1 aromatic carbocycles. The van der Waals surface area contributed by atoms with Crippen LogP contribution in [0.25, 0.3) is 0 Å². The summed E-state index contributed by atoms with van der Waals surface area (Å²) in [7, 11) is 1.26. The highest BCUT2D eigenvalue weighted by Crippen LogP contribution is 2.22. The van der Waals surface area contributed by atoms with Crippen LogP contribution in [-0.4, -0.2) is 25.0 Å². The predicted molar refractivity (Wildman–Crippen MR) is 78.9 cm³/mol. The first kappa shape index (κ1) is 16.5. The number of benzene rings is 1. The molecule has 0 heterocycles. The number of nitrogens with two attached hydrogens (primary N) is 1. The van der Waals surface area contributed by atoms with Gasteiger partial charge in [-0.3, -0.25) is 4.79 Å². The highest BCUT2D eigenvalue weighted by atomic mass is 35.5. The summed E-state index contributed by atoms with van der Waals surface area (Å²) in [6.45, 7) is 3.96. The van der Waals surface area contributed by atoms with Gasteiger partial charge in [0.2, 0.25) is 5.91 Å². The van der Waals surface area contributed by atoms with Crippen LogP contribution in [0.1, 0.15) is 30.6 Å². The van der Waals surface area contributed by atoms with Gasteiger partial charge in [0.05, 0.1) is 24.4 Å². The van der Waals surface area contributed by atoms with E-state index in [2.05, 4.69) is 10.1 Å². The average molecular weight is 299 g/mol. The molecule has 0 aliphatic rings. The van der Waals surface area contributed by atoms with E-state index in [1.165, 1.54) is 13.2 Å². The second kappa shape index (κ2) is 7.26. The Bertz CT molecular complexity index is 503. The van der Waals surface area contributed by atoms with Crippen molar-refractivity contribution in [3.05, 3.63) is 28.8 Å². The zero-order valence-corrected chi connectivity index (χ0v) is 12.5. The summed E-state index contributed by atoms with van der Waals surface area (Å²) < 4.78 is 4.66. The molecule has 1 aromatic rings. The minimum Gasteiger partial charge on any atom is -0.465 e. The van der Waals surface area contributed by atoms with Gasteiger partial charge in [0, 0.05) is 5.02 Å². The Labute approximate surface area is 123 Å². The lowest BCUT2D eigenvalue weighted by atomic mass is 10.0. The van der Waals surface area contributed by atoms with Crippen LogP contribution in [0.2, 0.25) is 5.02 Å². The van der Waals surface area contributed by atoms with E-state index in [1.54, 1.807) is 12.1 Å². The molecule has 110 valence electrons. The van der Waals surface area contributed by atoms with Gasteiger partial charge in [-0.2, -0.15) is 0 Å². The Kier molecular flexibility index (Phi) is 5.98. The summed E-state index contributed by atoms with van der Waals surface area (Å²) in [5, 5.41) is 3.02. The van der Waals surface area contributed by atoms with Crippen molar-refractivity contribution >= 4 is 29.2 Å². The maximum atomic E-state index is 12.0. The van der Waals surface area contributed by atoms with Gasteiger partial charge < -0.3 is 15.8 Å². The van der Waals surface area contributed by atoms with E-state index < -0.39 is 12.0 Å². The fraction of sp³-hybridized carbons (Fsp3) is 0.429. The molecule has 1 rings (SSSR count). The lowest BCUT2D eigenvalue weighted by molar-refractivity contribution is -0.117. The van der Waals surface area contributed by atoms with Crippen molar-refractivity contribution in [3.8, 4) is 0 Å². The maximum absolute atomic E-state index is 12.0. The Morgan fingerprint density at radius 3 is 2.60 bits per heavy atom. The van der Waals surface area contributed by atoms with Gasteiger partial charge >= 0.3 is 5.97 Å². The van der Waals surface area contributed by atoms with E-state index in [0.717, 1.165) is 0 Å². The van der Waals surface area contributed by atoms with Gasteiger partial charge in [-0.25, -0.2) is 4.79 Å². The van der Waals surface area contributed by atoms with Crippen molar-refractivity contribution < 1.29 is 14.3 Å². The number of rotatable bonds is 5. The van der Waals surface area contributed by atoms with Crippen LogP contribution in [0.3, 0.4) is 0 Å². The zero-order valence-electron chi connectivity index (χ0n) is 11.8. The van der Waals surface area contributed by atoms with Gasteiger partial charge in [-0.05, 0) is 30.5 Å². The average Bonchev–Trinajstić information content (AvgIpc) is 2.38. The number of nitrogens with one attached hydrogen (secondary N) is 1. The number of hydrogen-bond acceptors (Lipinski definition) is 4. The molecule has 0 aliphatic heterocycles. The van der Waals surface area contributed by atoms with Crippen molar-refractivity contribution in [2.75, 3.05) is 12.4 Å². The topological polar surface area (TPSA) is 81.4 Å². The van der Waals surface area contributed by atoms with E-state index in [1.807, 2.05) is 13.8 Å². The normalized spacial score (nSPS) is 12.1. The first-order valence-corrected chi connectivity index (χ1v) is 6.67. The highest BCUT2D eigenvalue weighted by molar-refractivity contribution is 6.31. The molecule has 0 saturated carbocycles. The number of methoxy groups -OCH3 is 1.